The van der Waals surface area contributed by atoms with Gasteiger partial charge in [0.1, 0.15) is 12.6 Å². The zero-order valence-corrected chi connectivity index (χ0v) is 23.4. The van der Waals surface area contributed by atoms with Gasteiger partial charge in [0.05, 0.1) is 22.5 Å². The maximum absolute atomic E-state index is 13.6. The number of hydrogen-bond donors (Lipinski definition) is 1. The minimum Gasteiger partial charge on any atom is -0.354 e. The SMILES string of the molecule is CCCCNC(=O)[C@H](CC)N(Cc1cccc(C)c1)C(=O)CN(c1ccc(Cl)c(C(F)(F)F)c1)S(C)(=O)=O. The average Bonchev–Trinajstić information content (AvgIpc) is 2.81. The van der Waals surface area contributed by atoms with Gasteiger partial charge in [-0.1, -0.05) is 61.7 Å². The Kier molecular flexibility index (Phi) is 11.0. The van der Waals surface area contributed by atoms with Gasteiger partial charge in [-0.05, 0) is 43.5 Å². The molecule has 0 radical (unpaired) electrons. The third-order valence-electron chi connectivity index (χ3n) is 5.87. The molecule has 1 N–H and O–H groups in total. The molecule has 0 saturated carbocycles. The molecule has 7 nitrogen and oxygen atoms in total. The molecule has 38 heavy (non-hydrogen) atoms. The fourth-order valence-corrected chi connectivity index (χ4v) is 5.00. The third kappa shape index (κ3) is 8.62. The van der Waals surface area contributed by atoms with E-state index in [0.29, 0.717) is 16.9 Å². The number of nitrogens with zero attached hydrogens (tertiary/aromatic N) is 2. The number of aryl methyl sites for hydroxylation is 1. The lowest BCUT2D eigenvalue weighted by Crippen LogP contribution is -2.52. The van der Waals surface area contributed by atoms with E-state index in [4.69, 9.17) is 11.6 Å². The van der Waals surface area contributed by atoms with Crippen LogP contribution in [0, 0.1) is 6.92 Å². The quantitative estimate of drug-likeness (QED) is 0.354. The second kappa shape index (κ2) is 13.3. The maximum Gasteiger partial charge on any atom is 0.417 e. The Morgan fingerprint density at radius 3 is 2.34 bits per heavy atom. The van der Waals surface area contributed by atoms with Gasteiger partial charge in [-0.25, -0.2) is 8.42 Å². The molecule has 0 unspecified atom stereocenters. The highest BCUT2D eigenvalue weighted by Crippen LogP contribution is 2.37. The Hall–Kier alpha value is -2.79. The number of carbonyl (C=O) groups excluding carboxylic acids is 2. The van der Waals surface area contributed by atoms with Crippen LogP contribution in [-0.4, -0.2) is 50.5 Å². The normalized spacial score (nSPS) is 12.6. The number of rotatable bonds is 12. The minimum atomic E-state index is -4.83. The van der Waals surface area contributed by atoms with Gasteiger partial charge in [0.25, 0.3) is 0 Å². The van der Waals surface area contributed by atoms with Crippen LogP contribution < -0.4 is 9.62 Å². The van der Waals surface area contributed by atoms with Crippen LogP contribution in [0.5, 0.6) is 0 Å². The fraction of sp³-hybridized carbons (Fsp3) is 0.462. The number of alkyl halides is 3. The van der Waals surface area contributed by atoms with Crippen molar-refractivity contribution in [2.75, 3.05) is 23.7 Å². The van der Waals surface area contributed by atoms with Crippen molar-refractivity contribution in [1.82, 2.24) is 10.2 Å². The van der Waals surface area contributed by atoms with Gasteiger partial charge in [0, 0.05) is 13.1 Å². The molecule has 2 aromatic carbocycles. The maximum atomic E-state index is 13.6. The van der Waals surface area contributed by atoms with Crippen LogP contribution >= 0.6 is 11.6 Å². The van der Waals surface area contributed by atoms with Gasteiger partial charge in [-0.2, -0.15) is 13.2 Å². The van der Waals surface area contributed by atoms with Crippen molar-refractivity contribution >= 4 is 39.1 Å². The number of halogens is 4. The number of hydrogen-bond acceptors (Lipinski definition) is 4. The molecule has 2 amide bonds. The molecule has 210 valence electrons. The van der Waals surface area contributed by atoms with E-state index in [1.54, 1.807) is 19.1 Å². The second-order valence-electron chi connectivity index (χ2n) is 9.01. The van der Waals surface area contributed by atoms with E-state index >= 15 is 0 Å². The summed E-state index contributed by atoms with van der Waals surface area (Å²) in [6.45, 7) is 5.18. The van der Waals surface area contributed by atoms with Gasteiger partial charge in [-0.15, -0.1) is 0 Å². The molecule has 2 rings (SSSR count). The Morgan fingerprint density at radius 2 is 1.79 bits per heavy atom. The molecule has 0 aromatic heterocycles. The molecule has 0 heterocycles. The average molecular weight is 576 g/mol. The van der Waals surface area contributed by atoms with Crippen LogP contribution in [0.1, 0.15) is 49.8 Å². The molecule has 0 bridgehead atoms. The van der Waals surface area contributed by atoms with Crippen molar-refractivity contribution in [2.45, 2.75) is 58.8 Å². The monoisotopic (exact) mass is 575 g/mol. The highest BCUT2D eigenvalue weighted by molar-refractivity contribution is 7.92. The molecular weight excluding hydrogens is 543 g/mol. The van der Waals surface area contributed by atoms with Crippen molar-refractivity contribution in [3.63, 3.8) is 0 Å². The van der Waals surface area contributed by atoms with Crippen LogP contribution in [-0.2, 0) is 32.3 Å². The molecule has 0 aliphatic carbocycles. The lowest BCUT2D eigenvalue weighted by molar-refractivity contribution is -0.140. The summed E-state index contributed by atoms with van der Waals surface area (Å²) in [6, 6.07) is 8.99. The van der Waals surface area contributed by atoms with Gasteiger partial charge in [0.2, 0.25) is 21.8 Å². The number of unbranched alkanes of at least 4 members (excludes halogenated alkanes) is 1. The first kappa shape index (κ1) is 31.4. The Labute approximate surface area is 227 Å². The summed E-state index contributed by atoms with van der Waals surface area (Å²) in [7, 11) is -4.20. The summed E-state index contributed by atoms with van der Waals surface area (Å²) in [4.78, 5) is 27.9. The molecule has 0 fully saturated rings. The topological polar surface area (TPSA) is 86.8 Å². The van der Waals surface area contributed by atoms with E-state index in [0.717, 1.165) is 42.4 Å². The van der Waals surface area contributed by atoms with Gasteiger partial charge in [-0.3, -0.25) is 13.9 Å². The lowest BCUT2D eigenvalue weighted by atomic mass is 10.1. The molecule has 2 aromatic rings. The van der Waals surface area contributed by atoms with Crippen molar-refractivity contribution in [3.05, 3.63) is 64.2 Å². The summed E-state index contributed by atoms with van der Waals surface area (Å²) in [6.07, 6.45) is -2.20. The summed E-state index contributed by atoms with van der Waals surface area (Å²) in [5.41, 5.74) is 0.0495. The first-order valence-electron chi connectivity index (χ1n) is 12.2. The van der Waals surface area contributed by atoms with Gasteiger partial charge < -0.3 is 10.2 Å². The predicted octanol–water partition coefficient (Wildman–Crippen LogP) is 5.16. The van der Waals surface area contributed by atoms with Crippen LogP contribution in [0.3, 0.4) is 0 Å². The van der Waals surface area contributed by atoms with E-state index in [2.05, 4.69) is 5.32 Å². The van der Waals surface area contributed by atoms with Crippen LogP contribution in [0.2, 0.25) is 5.02 Å². The van der Waals surface area contributed by atoms with Crippen LogP contribution in [0.15, 0.2) is 42.5 Å². The van der Waals surface area contributed by atoms with Gasteiger partial charge in [0.15, 0.2) is 0 Å². The molecular formula is C26H33ClF3N3O4S. The Morgan fingerprint density at radius 1 is 1.11 bits per heavy atom. The van der Waals surface area contributed by atoms with Crippen molar-refractivity contribution < 1.29 is 31.2 Å². The van der Waals surface area contributed by atoms with E-state index in [9.17, 15) is 31.2 Å². The summed E-state index contributed by atoms with van der Waals surface area (Å²) in [5, 5.41) is 2.21. The number of benzene rings is 2. The molecule has 1 atom stereocenters. The number of amides is 2. The minimum absolute atomic E-state index is 0.00619. The fourth-order valence-electron chi connectivity index (χ4n) is 3.93. The highest BCUT2D eigenvalue weighted by Gasteiger charge is 2.36. The molecule has 0 spiro atoms. The highest BCUT2D eigenvalue weighted by atomic mass is 35.5. The first-order valence-corrected chi connectivity index (χ1v) is 14.4. The molecule has 12 heteroatoms. The zero-order chi connectivity index (χ0) is 28.7. The molecule has 0 aliphatic rings. The van der Waals surface area contributed by atoms with Crippen LogP contribution in [0.4, 0.5) is 18.9 Å². The molecule has 0 saturated heterocycles. The van der Waals surface area contributed by atoms with Crippen LogP contribution in [0.25, 0.3) is 0 Å². The van der Waals surface area contributed by atoms with Crippen molar-refractivity contribution in [3.8, 4) is 0 Å². The first-order chi connectivity index (χ1) is 17.7. The second-order valence-corrected chi connectivity index (χ2v) is 11.3. The summed E-state index contributed by atoms with van der Waals surface area (Å²) in [5.74, 6) is -1.13. The molecule has 0 aliphatic heterocycles. The predicted molar refractivity (Wildman–Crippen MR) is 142 cm³/mol. The van der Waals surface area contributed by atoms with Crippen molar-refractivity contribution in [1.29, 1.82) is 0 Å². The standard InChI is InChI=1S/C26H33ClF3N3O4S/c1-5-7-13-31-25(35)23(6-2)32(16-19-10-8-9-18(3)14-19)24(34)17-33(38(4,36)37)20-11-12-22(27)21(15-20)26(28,29)30/h8-12,14-15,23H,5-7,13,16-17H2,1-4H3,(H,31,35)/t23-/m0/s1. The number of anilines is 1. The summed E-state index contributed by atoms with van der Waals surface area (Å²) >= 11 is 5.70. The number of sulfonamides is 1. The largest absolute Gasteiger partial charge is 0.417 e. The van der Waals surface area contributed by atoms with E-state index in [1.165, 1.54) is 4.90 Å². The summed E-state index contributed by atoms with van der Waals surface area (Å²) < 4.78 is 66.2. The Bertz CT molecular complexity index is 1240. The Balaban J connectivity index is 2.49. The van der Waals surface area contributed by atoms with E-state index in [-0.39, 0.29) is 18.7 Å². The van der Waals surface area contributed by atoms with Gasteiger partial charge >= 0.3 is 6.18 Å². The number of nitrogens with one attached hydrogen (secondary N) is 1. The zero-order valence-electron chi connectivity index (χ0n) is 21.8. The van der Waals surface area contributed by atoms with E-state index < -0.39 is 51.2 Å². The van der Waals surface area contributed by atoms with Crippen molar-refractivity contribution in [2.24, 2.45) is 0 Å². The van der Waals surface area contributed by atoms with E-state index in [1.807, 2.05) is 26.0 Å². The number of carbonyl (C=O) groups is 2. The third-order valence-corrected chi connectivity index (χ3v) is 7.34. The lowest BCUT2D eigenvalue weighted by Gasteiger charge is -2.33. The smallest absolute Gasteiger partial charge is 0.354 e.